The molecule has 1 fully saturated rings. The van der Waals surface area contributed by atoms with Crippen LogP contribution < -0.4 is 15.2 Å². The highest BCUT2D eigenvalue weighted by Gasteiger charge is 2.22. The maximum absolute atomic E-state index is 12.1. The number of nitrogens with one attached hydrogen (secondary N) is 2. The standard InChI is InChI=1S/C26H26N4O3S/c1-34(32,33)29-24-16-21(17-28-26(24)31)20-7-8-23-22(15-20)25(9-12-27-23)30-13-10-19(11-14-30)18-5-3-2-4-6-18/h2-9,12,15-17,19,29H,10-11,13-14H2,1H3,(H,28,31). The molecule has 2 aromatic heterocycles. The van der Waals surface area contributed by atoms with Crippen molar-refractivity contribution in [3.63, 3.8) is 0 Å². The first-order valence-corrected chi connectivity index (χ1v) is 13.2. The molecular weight excluding hydrogens is 448 g/mol. The molecule has 0 bridgehead atoms. The predicted octanol–water partition coefficient (Wildman–Crippen LogP) is 4.35. The van der Waals surface area contributed by atoms with Crippen LogP contribution in [0.15, 0.2) is 77.9 Å². The molecule has 174 valence electrons. The second kappa shape index (κ2) is 8.95. The van der Waals surface area contributed by atoms with Gasteiger partial charge in [0.25, 0.3) is 5.56 Å². The number of anilines is 2. The van der Waals surface area contributed by atoms with Gasteiger partial charge in [0.2, 0.25) is 10.0 Å². The first-order chi connectivity index (χ1) is 16.4. The number of pyridine rings is 2. The molecule has 2 aromatic carbocycles. The average molecular weight is 475 g/mol. The second-order valence-electron chi connectivity index (χ2n) is 8.74. The van der Waals surface area contributed by atoms with Crippen molar-refractivity contribution in [1.82, 2.24) is 9.97 Å². The Morgan fingerprint density at radius 3 is 2.50 bits per heavy atom. The van der Waals surface area contributed by atoms with E-state index in [2.05, 4.69) is 62.1 Å². The van der Waals surface area contributed by atoms with E-state index in [0.717, 1.165) is 54.3 Å². The van der Waals surface area contributed by atoms with Crippen molar-refractivity contribution >= 4 is 32.3 Å². The largest absolute Gasteiger partial charge is 0.371 e. The third-order valence-electron chi connectivity index (χ3n) is 6.36. The van der Waals surface area contributed by atoms with E-state index in [9.17, 15) is 13.2 Å². The van der Waals surface area contributed by atoms with Crippen molar-refractivity contribution in [2.45, 2.75) is 18.8 Å². The summed E-state index contributed by atoms with van der Waals surface area (Å²) in [5.74, 6) is 0.572. The van der Waals surface area contributed by atoms with Crippen molar-refractivity contribution in [2.24, 2.45) is 0 Å². The van der Waals surface area contributed by atoms with Crippen LogP contribution in [-0.2, 0) is 10.0 Å². The minimum absolute atomic E-state index is 0.00510. The molecule has 8 heteroatoms. The van der Waals surface area contributed by atoms with E-state index < -0.39 is 15.6 Å². The number of nitrogens with zero attached hydrogens (tertiary/aromatic N) is 2. The van der Waals surface area contributed by atoms with Crippen LogP contribution in [0.4, 0.5) is 11.4 Å². The molecule has 0 unspecified atom stereocenters. The summed E-state index contributed by atoms with van der Waals surface area (Å²) in [7, 11) is -3.57. The third kappa shape index (κ3) is 4.68. The van der Waals surface area contributed by atoms with Crippen molar-refractivity contribution in [1.29, 1.82) is 0 Å². The molecule has 0 atom stereocenters. The monoisotopic (exact) mass is 474 g/mol. The van der Waals surface area contributed by atoms with Crippen LogP contribution in [0.5, 0.6) is 0 Å². The first kappa shape index (κ1) is 22.2. The zero-order chi connectivity index (χ0) is 23.7. The van der Waals surface area contributed by atoms with E-state index >= 15 is 0 Å². The summed E-state index contributed by atoms with van der Waals surface area (Å²) in [4.78, 5) is 21.7. The van der Waals surface area contributed by atoms with Gasteiger partial charge in [-0.1, -0.05) is 36.4 Å². The minimum Gasteiger partial charge on any atom is -0.371 e. The van der Waals surface area contributed by atoms with E-state index in [1.165, 1.54) is 5.56 Å². The summed E-state index contributed by atoms with van der Waals surface area (Å²) in [5.41, 5.74) is 4.52. The molecule has 1 aliphatic heterocycles. The van der Waals surface area contributed by atoms with Gasteiger partial charge >= 0.3 is 0 Å². The molecule has 0 saturated carbocycles. The number of aromatic amines is 1. The molecule has 7 nitrogen and oxygen atoms in total. The maximum Gasteiger partial charge on any atom is 0.272 e. The summed E-state index contributed by atoms with van der Waals surface area (Å²) in [5, 5.41) is 1.03. The van der Waals surface area contributed by atoms with Crippen LogP contribution in [0.2, 0.25) is 0 Å². The molecule has 0 radical (unpaired) electrons. The van der Waals surface area contributed by atoms with Gasteiger partial charge in [-0.15, -0.1) is 0 Å². The van der Waals surface area contributed by atoms with Crippen molar-refractivity contribution < 1.29 is 8.42 Å². The number of benzene rings is 2. The summed E-state index contributed by atoms with van der Waals surface area (Å²) in [6.45, 7) is 1.92. The van der Waals surface area contributed by atoms with E-state index in [-0.39, 0.29) is 5.69 Å². The highest BCUT2D eigenvalue weighted by atomic mass is 32.2. The Morgan fingerprint density at radius 2 is 1.76 bits per heavy atom. The Kier molecular flexibility index (Phi) is 5.83. The van der Waals surface area contributed by atoms with E-state index in [0.29, 0.717) is 11.5 Å². The van der Waals surface area contributed by atoms with Crippen LogP contribution in [0.25, 0.3) is 22.0 Å². The molecule has 0 amide bonds. The Hall–Kier alpha value is -3.65. The minimum atomic E-state index is -3.57. The van der Waals surface area contributed by atoms with E-state index in [1.54, 1.807) is 12.3 Å². The van der Waals surface area contributed by atoms with Crippen molar-refractivity contribution in [3.05, 3.63) is 89.0 Å². The molecule has 3 heterocycles. The molecule has 1 aliphatic rings. The van der Waals surface area contributed by atoms with Crippen LogP contribution in [0.3, 0.4) is 0 Å². The van der Waals surface area contributed by atoms with Crippen LogP contribution in [0, 0.1) is 0 Å². The Morgan fingerprint density at radius 1 is 1.00 bits per heavy atom. The topological polar surface area (TPSA) is 95.2 Å². The number of H-pyrrole nitrogens is 1. The Balaban J connectivity index is 1.46. The SMILES string of the molecule is CS(=O)(=O)Nc1cc(-c2ccc3nccc(N4CCC(c5ccccc5)CC4)c3c2)c[nH]c1=O. The number of hydrogen-bond acceptors (Lipinski definition) is 5. The zero-order valence-corrected chi connectivity index (χ0v) is 19.7. The van der Waals surface area contributed by atoms with Crippen LogP contribution in [0.1, 0.15) is 24.3 Å². The third-order valence-corrected chi connectivity index (χ3v) is 6.95. The fourth-order valence-corrected chi connectivity index (χ4v) is 5.24. The lowest BCUT2D eigenvalue weighted by Crippen LogP contribution is -2.33. The van der Waals surface area contributed by atoms with Gasteiger partial charge in [0.05, 0.1) is 11.8 Å². The smallest absolute Gasteiger partial charge is 0.272 e. The average Bonchev–Trinajstić information content (AvgIpc) is 2.84. The lowest BCUT2D eigenvalue weighted by Gasteiger charge is -2.34. The highest BCUT2D eigenvalue weighted by molar-refractivity contribution is 7.92. The molecule has 0 spiro atoms. The molecule has 5 rings (SSSR count). The number of sulfonamides is 1. The van der Waals surface area contributed by atoms with Gasteiger partial charge in [0.1, 0.15) is 5.69 Å². The molecule has 2 N–H and O–H groups in total. The van der Waals surface area contributed by atoms with Crippen LogP contribution >= 0.6 is 0 Å². The van der Waals surface area contributed by atoms with Gasteiger partial charge in [-0.3, -0.25) is 14.5 Å². The van der Waals surface area contributed by atoms with Gasteiger partial charge in [-0.25, -0.2) is 8.42 Å². The zero-order valence-electron chi connectivity index (χ0n) is 18.9. The Labute approximate surface area is 198 Å². The summed E-state index contributed by atoms with van der Waals surface area (Å²) >= 11 is 0. The van der Waals surface area contributed by atoms with Gasteiger partial charge < -0.3 is 9.88 Å². The van der Waals surface area contributed by atoms with Crippen molar-refractivity contribution in [3.8, 4) is 11.1 Å². The lowest BCUT2D eigenvalue weighted by atomic mass is 9.89. The maximum atomic E-state index is 12.1. The summed E-state index contributed by atoms with van der Waals surface area (Å²) in [6.07, 6.45) is 6.64. The fourth-order valence-electron chi connectivity index (χ4n) is 4.69. The number of rotatable bonds is 5. The number of piperidine rings is 1. The first-order valence-electron chi connectivity index (χ1n) is 11.3. The summed E-state index contributed by atoms with van der Waals surface area (Å²) in [6, 6.07) is 20.2. The number of fused-ring (bicyclic) bond motifs is 1. The van der Waals surface area contributed by atoms with Crippen molar-refractivity contribution in [2.75, 3.05) is 29.0 Å². The highest BCUT2D eigenvalue weighted by Crippen LogP contribution is 2.35. The second-order valence-corrected chi connectivity index (χ2v) is 10.5. The van der Waals surface area contributed by atoms with E-state index in [1.807, 2.05) is 18.3 Å². The van der Waals surface area contributed by atoms with Gasteiger partial charge in [-0.05, 0) is 54.2 Å². The Bertz CT molecular complexity index is 1490. The normalized spacial score (nSPS) is 14.9. The van der Waals surface area contributed by atoms with Gasteiger partial charge in [-0.2, -0.15) is 0 Å². The van der Waals surface area contributed by atoms with Gasteiger partial charge in [0, 0.05) is 42.1 Å². The number of aromatic nitrogens is 2. The van der Waals surface area contributed by atoms with E-state index in [4.69, 9.17) is 0 Å². The lowest BCUT2D eigenvalue weighted by molar-refractivity contribution is 0.506. The molecule has 0 aliphatic carbocycles. The number of hydrogen-bond donors (Lipinski definition) is 2. The molecule has 34 heavy (non-hydrogen) atoms. The van der Waals surface area contributed by atoms with Gasteiger partial charge in [0.15, 0.2) is 0 Å². The quantitative estimate of drug-likeness (QED) is 0.449. The molecule has 4 aromatic rings. The molecular formula is C26H26N4O3S. The fraction of sp³-hybridized carbons (Fsp3) is 0.231. The van der Waals surface area contributed by atoms with Crippen LogP contribution in [-0.4, -0.2) is 37.7 Å². The predicted molar refractivity (Wildman–Crippen MR) is 137 cm³/mol. The molecule has 1 saturated heterocycles. The summed E-state index contributed by atoms with van der Waals surface area (Å²) < 4.78 is 25.5.